The minimum absolute atomic E-state index is 0.0267. The second kappa shape index (κ2) is 7.67. The van der Waals surface area contributed by atoms with Gasteiger partial charge in [-0.1, -0.05) is 48.5 Å². The molecule has 0 radical (unpaired) electrons. The summed E-state index contributed by atoms with van der Waals surface area (Å²) >= 11 is 0. The number of ether oxygens (including phenoxy) is 3. The molecule has 7 nitrogen and oxygen atoms in total. The van der Waals surface area contributed by atoms with E-state index in [0.29, 0.717) is 23.0 Å². The van der Waals surface area contributed by atoms with Crippen LogP contribution in [0.5, 0.6) is 17.4 Å². The van der Waals surface area contributed by atoms with Crippen LogP contribution in [0.3, 0.4) is 0 Å². The van der Waals surface area contributed by atoms with Crippen molar-refractivity contribution >= 4 is 10.8 Å². The lowest BCUT2D eigenvalue weighted by Crippen LogP contribution is -2.21. The molecular formula is C25H20N4O3. The lowest BCUT2D eigenvalue weighted by Gasteiger charge is -2.25. The fourth-order valence-corrected chi connectivity index (χ4v) is 4.26. The van der Waals surface area contributed by atoms with Crippen molar-refractivity contribution in [1.29, 1.82) is 5.26 Å². The molecule has 0 fully saturated rings. The van der Waals surface area contributed by atoms with Crippen molar-refractivity contribution in [2.45, 2.75) is 5.92 Å². The quantitative estimate of drug-likeness (QED) is 0.501. The van der Waals surface area contributed by atoms with Crippen LogP contribution < -0.4 is 19.9 Å². The van der Waals surface area contributed by atoms with Crippen LogP contribution in [-0.2, 0) is 0 Å². The summed E-state index contributed by atoms with van der Waals surface area (Å²) < 4.78 is 16.7. The Balaban J connectivity index is 1.79. The summed E-state index contributed by atoms with van der Waals surface area (Å²) in [6.45, 7) is 0. The molecule has 1 aliphatic heterocycles. The summed E-state index contributed by atoms with van der Waals surface area (Å²) in [7, 11) is 3.17. The number of fused-ring (bicyclic) bond motifs is 2. The molecule has 3 N–H and O–H groups in total. The van der Waals surface area contributed by atoms with E-state index < -0.39 is 5.92 Å². The second-order valence-corrected chi connectivity index (χ2v) is 7.38. The monoisotopic (exact) mass is 424 g/mol. The number of benzene rings is 3. The fraction of sp³-hybridized carbons (Fsp3) is 0.120. The van der Waals surface area contributed by atoms with Gasteiger partial charge in [0.15, 0.2) is 0 Å². The van der Waals surface area contributed by atoms with Gasteiger partial charge in [0.05, 0.1) is 31.4 Å². The summed E-state index contributed by atoms with van der Waals surface area (Å²) in [5.74, 6) is 1.06. The van der Waals surface area contributed by atoms with Gasteiger partial charge in [0.1, 0.15) is 23.1 Å². The van der Waals surface area contributed by atoms with Gasteiger partial charge in [-0.25, -0.2) is 0 Å². The van der Waals surface area contributed by atoms with Crippen LogP contribution >= 0.6 is 0 Å². The first-order valence-electron chi connectivity index (χ1n) is 10.0. The highest BCUT2D eigenvalue weighted by molar-refractivity contribution is 5.97. The van der Waals surface area contributed by atoms with Gasteiger partial charge in [0.2, 0.25) is 11.8 Å². The van der Waals surface area contributed by atoms with Gasteiger partial charge in [0, 0.05) is 17.2 Å². The van der Waals surface area contributed by atoms with Crippen LogP contribution in [-0.4, -0.2) is 24.4 Å². The number of hydrogen-bond donors (Lipinski definition) is 2. The van der Waals surface area contributed by atoms with Gasteiger partial charge in [-0.2, -0.15) is 5.26 Å². The first-order chi connectivity index (χ1) is 15.7. The maximum absolute atomic E-state index is 9.99. The lowest BCUT2D eigenvalue weighted by atomic mass is 9.82. The Labute approximate surface area is 184 Å². The number of nitrogens with zero attached hydrogens (tertiary/aromatic N) is 2. The first-order valence-corrected chi connectivity index (χ1v) is 10.0. The van der Waals surface area contributed by atoms with Gasteiger partial charge < -0.3 is 19.9 Å². The summed E-state index contributed by atoms with van der Waals surface area (Å²) in [5.41, 5.74) is 9.64. The normalized spacial score (nSPS) is 15.1. The minimum Gasteiger partial charge on any atom is -0.497 e. The summed E-state index contributed by atoms with van der Waals surface area (Å²) in [4.78, 5) is 0. The Bertz CT molecular complexity index is 1410. The third kappa shape index (κ3) is 2.93. The number of nitrogens with one attached hydrogen (secondary N) is 1. The third-order valence-electron chi connectivity index (χ3n) is 5.75. The van der Waals surface area contributed by atoms with Crippen LogP contribution in [0.25, 0.3) is 22.0 Å². The Kier molecular flexibility index (Phi) is 4.68. The van der Waals surface area contributed by atoms with Crippen molar-refractivity contribution in [1.82, 2.24) is 10.2 Å². The zero-order chi connectivity index (χ0) is 22.2. The molecule has 1 atom stereocenters. The highest BCUT2D eigenvalue weighted by Crippen LogP contribution is 2.49. The third-order valence-corrected chi connectivity index (χ3v) is 5.75. The van der Waals surface area contributed by atoms with Crippen LogP contribution in [0.15, 0.2) is 72.1 Å². The summed E-state index contributed by atoms with van der Waals surface area (Å²) in [5, 5.41) is 19.6. The zero-order valence-corrected chi connectivity index (χ0v) is 17.5. The maximum atomic E-state index is 9.99. The number of rotatable bonds is 4. The molecule has 158 valence electrons. The van der Waals surface area contributed by atoms with Gasteiger partial charge in [-0.05, 0) is 16.8 Å². The van der Waals surface area contributed by atoms with Gasteiger partial charge in [-0.15, -0.1) is 5.10 Å². The van der Waals surface area contributed by atoms with E-state index in [1.54, 1.807) is 20.3 Å². The predicted molar refractivity (Wildman–Crippen MR) is 120 cm³/mol. The van der Waals surface area contributed by atoms with E-state index >= 15 is 0 Å². The molecule has 5 rings (SSSR count). The standard InChI is InChI=1S/C25H20N4O3/c1-30-15-10-11-18(20(12-15)31-2)21-19(13-26)24(27)32-25-22(21)23(28-29-25)17-9-5-7-14-6-3-4-8-16(14)17/h3-12,21H,27H2,1-2H3,(H,28,29)/t21-/m1/s1. The van der Waals surface area contributed by atoms with E-state index in [1.807, 2.05) is 36.4 Å². The molecule has 0 unspecified atom stereocenters. The Morgan fingerprint density at radius 3 is 2.66 bits per heavy atom. The van der Waals surface area contributed by atoms with Gasteiger partial charge >= 0.3 is 0 Å². The average molecular weight is 424 g/mol. The van der Waals surface area contributed by atoms with E-state index in [4.69, 9.17) is 19.9 Å². The number of aromatic nitrogens is 2. The number of H-pyrrole nitrogens is 1. The largest absolute Gasteiger partial charge is 0.497 e. The van der Waals surface area contributed by atoms with Crippen molar-refractivity contribution in [3.05, 3.63) is 83.2 Å². The lowest BCUT2D eigenvalue weighted by molar-refractivity contribution is 0.373. The van der Waals surface area contributed by atoms with E-state index in [0.717, 1.165) is 33.2 Å². The second-order valence-electron chi connectivity index (χ2n) is 7.38. The number of nitriles is 1. The molecule has 0 spiro atoms. The van der Waals surface area contributed by atoms with Crippen molar-refractivity contribution in [3.8, 4) is 34.7 Å². The zero-order valence-electron chi connectivity index (χ0n) is 17.5. The van der Waals surface area contributed by atoms with Gasteiger partial charge in [0.25, 0.3) is 0 Å². The molecule has 0 saturated carbocycles. The van der Waals surface area contributed by atoms with Crippen molar-refractivity contribution < 1.29 is 14.2 Å². The van der Waals surface area contributed by atoms with Crippen LogP contribution in [0.4, 0.5) is 0 Å². The SMILES string of the molecule is COc1ccc([C@@H]2C(C#N)=C(N)Oc3n[nH]c(-c4cccc5ccccc45)c32)c(OC)c1. The Morgan fingerprint density at radius 1 is 1.06 bits per heavy atom. The molecule has 32 heavy (non-hydrogen) atoms. The summed E-state index contributed by atoms with van der Waals surface area (Å²) in [6.07, 6.45) is 0. The molecule has 0 amide bonds. The van der Waals surface area contributed by atoms with E-state index in [-0.39, 0.29) is 5.88 Å². The molecule has 0 saturated heterocycles. The molecule has 4 aromatic rings. The smallest absolute Gasteiger partial charge is 0.244 e. The van der Waals surface area contributed by atoms with Crippen LogP contribution in [0.1, 0.15) is 17.0 Å². The number of hydrogen-bond acceptors (Lipinski definition) is 6. The van der Waals surface area contributed by atoms with E-state index in [9.17, 15) is 5.26 Å². The highest BCUT2D eigenvalue weighted by Gasteiger charge is 2.37. The van der Waals surface area contributed by atoms with Crippen molar-refractivity contribution in [2.75, 3.05) is 14.2 Å². The summed E-state index contributed by atoms with van der Waals surface area (Å²) in [6, 6.07) is 21.9. The minimum atomic E-state index is -0.530. The number of allylic oxidation sites excluding steroid dienone is 1. The number of aromatic amines is 1. The fourth-order valence-electron chi connectivity index (χ4n) is 4.26. The Hall–Kier alpha value is -4.44. The number of nitrogens with two attached hydrogens (primary N) is 1. The number of methoxy groups -OCH3 is 2. The molecule has 0 aliphatic carbocycles. The Morgan fingerprint density at radius 2 is 1.88 bits per heavy atom. The molecular weight excluding hydrogens is 404 g/mol. The molecule has 2 heterocycles. The molecule has 0 bridgehead atoms. The van der Waals surface area contributed by atoms with Gasteiger partial charge in [-0.3, -0.25) is 5.10 Å². The first kappa shape index (κ1) is 19.5. The topological polar surface area (TPSA) is 106 Å². The highest BCUT2D eigenvalue weighted by atomic mass is 16.5. The van der Waals surface area contributed by atoms with E-state index in [1.165, 1.54) is 0 Å². The average Bonchev–Trinajstić information content (AvgIpc) is 3.25. The molecule has 1 aromatic heterocycles. The predicted octanol–water partition coefficient (Wildman–Crippen LogP) is 4.47. The van der Waals surface area contributed by atoms with Crippen molar-refractivity contribution in [3.63, 3.8) is 0 Å². The van der Waals surface area contributed by atoms with Crippen LogP contribution in [0.2, 0.25) is 0 Å². The van der Waals surface area contributed by atoms with Crippen molar-refractivity contribution in [2.24, 2.45) is 5.73 Å². The maximum Gasteiger partial charge on any atom is 0.244 e. The molecule has 7 heteroatoms. The molecule has 3 aromatic carbocycles. The molecule has 1 aliphatic rings. The van der Waals surface area contributed by atoms with E-state index in [2.05, 4.69) is 34.5 Å². The van der Waals surface area contributed by atoms with Crippen LogP contribution in [0, 0.1) is 11.3 Å².